The fourth-order valence-corrected chi connectivity index (χ4v) is 2.90. The van der Waals surface area contributed by atoms with Crippen LogP contribution in [-0.4, -0.2) is 8.32 Å². The highest BCUT2D eigenvalue weighted by molar-refractivity contribution is 9.11. The lowest BCUT2D eigenvalue weighted by atomic mass is 10.1. The van der Waals surface area contributed by atoms with E-state index in [0.29, 0.717) is 0 Å². The molecule has 1 nitrogen and oxygen atoms in total. The first kappa shape index (κ1) is 15.7. The molecule has 1 rings (SSSR count). The second-order valence-corrected chi connectivity index (χ2v) is 11.3. The minimum absolute atomic E-state index is 0.0338. The Morgan fingerprint density at radius 1 is 1.17 bits per heavy atom. The van der Waals surface area contributed by atoms with E-state index in [1.54, 1.807) is 0 Å². The standard InChI is InChI=1S/C15H23BrOSi/c1-15(2,3)18(4,5)17-14(11-12-16)13-9-7-6-8-10-13/h6-12,14H,1-5H3/b12-11+. The Morgan fingerprint density at radius 2 is 1.72 bits per heavy atom. The summed E-state index contributed by atoms with van der Waals surface area (Å²) < 4.78 is 6.45. The molecule has 0 saturated heterocycles. The fourth-order valence-electron chi connectivity index (χ4n) is 1.42. The van der Waals surface area contributed by atoms with E-state index in [4.69, 9.17) is 4.43 Å². The van der Waals surface area contributed by atoms with Gasteiger partial charge in [0, 0.05) is 0 Å². The zero-order valence-electron chi connectivity index (χ0n) is 11.9. The molecule has 0 bridgehead atoms. The van der Waals surface area contributed by atoms with Gasteiger partial charge in [-0.3, -0.25) is 0 Å². The highest BCUT2D eigenvalue weighted by Gasteiger charge is 2.38. The van der Waals surface area contributed by atoms with E-state index in [1.165, 1.54) is 5.56 Å². The van der Waals surface area contributed by atoms with Crippen molar-refractivity contribution in [3.8, 4) is 0 Å². The molecule has 3 heteroatoms. The van der Waals surface area contributed by atoms with Gasteiger partial charge in [0.2, 0.25) is 0 Å². The normalized spacial score (nSPS) is 15.0. The first-order chi connectivity index (χ1) is 8.28. The quantitative estimate of drug-likeness (QED) is 0.649. The molecular weight excluding hydrogens is 304 g/mol. The summed E-state index contributed by atoms with van der Waals surface area (Å²) in [6.07, 6.45) is 2.10. The molecule has 1 aromatic rings. The van der Waals surface area contributed by atoms with Crippen molar-refractivity contribution < 1.29 is 4.43 Å². The van der Waals surface area contributed by atoms with Gasteiger partial charge in [0.05, 0.1) is 6.10 Å². The predicted molar refractivity (Wildman–Crippen MR) is 85.5 cm³/mol. The summed E-state index contributed by atoms with van der Waals surface area (Å²) in [5.74, 6) is 0. The van der Waals surface area contributed by atoms with Crippen molar-refractivity contribution in [2.75, 3.05) is 0 Å². The zero-order chi connectivity index (χ0) is 13.8. The van der Waals surface area contributed by atoms with Gasteiger partial charge < -0.3 is 4.43 Å². The van der Waals surface area contributed by atoms with E-state index in [9.17, 15) is 0 Å². The van der Waals surface area contributed by atoms with E-state index >= 15 is 0 Å². The third kappa shape index (κ3) is 4.07. The maximum atomic E-state index is 6.45. The molecule has 1 aromatic carbocycles. The Hall–Kier alpha value is -0.383. The largest absolute Gasteiger partial charge is 0.406 e. The van der Waals surface area contributed by atoms with Crippen LogP contribution in [0.25, 0.3) is 0 Å². The summed E-state index contributed by atoms with van der Waals surface area (Å²) in [4.78, 5) is 1.89. The van der Waals surface area contributed by atoms with Gasteiger partial charge in [-0.05, 0) is 34.8 Å². The average Bonchev–Trinajstić information content (AvgIpc) is 2.28. The number of rotatable bonds is 4. The Bertz CT molecular complexity index is 393. The smallest absolute Gasteiger partial charge is 0.193 e. The Labute approximate surface area is 121 Å². The van der Waals surface area contributed by atoms with Crippen molar-refractivity contribution in [2.45, 2.75) is 45.0 Å². The molecule has 0 aliphatic rings. The SMILES string of the molecule is CC(C)(C)[Si](C)(C)OC(/C=C/Br)c1ccccc1. The number of hydrogen-bond donors (Lipinski definition) is 0. The lowest BCUT2D eigenvalue weighted by molar-refractivity contribution is 0.230. The second kappa shape index (κ2) is 6.18. The van der Waals surface area contributed by atoms with Crippen molar-refractivity contribution in [3.63, 3.8) is 0 Å². The summed E-state index contributed by atoms with van der Waals surface area (Å²) in [6.45, 7) is 11.4. The topological polar surface area (TPSA) is 9.23 Å². The van der Waals surface area contributed by atoms with E-state index in [1.807, 2.05) is 11.1 Å². The highest BCUT2D eigenvalue weighted by Crippen LogP contribution is 2.40. The number of halogens is 1. The molecule has 0 fully saturated rings. The third-order valence-corrected chi connectivity index (χ3v) is 8.36. The van der Waals surface area contributed by atoms with Crippen LogP contribution in [-0.2, 0) is 4.43 Å². The van der Waals surface area contributed by atoms with E-state index in [-0.39, 0.29) is 11.1 Å². The molecule has 0 N–H and O–H groups in total. The van der Waals surface area contributed by atoms with Crippen LogP contribution in [0.3, 0.4) is 0 Å². The Morgan fingerprint density at radius 3 is 2.17 bits per heavy atom. The summed E-state index contributed by atoms with van der Waals surface area (Å²) in [6, 6.07) is 10.4. The summed E-state index contributed by atoms with van der Waals surface area (Å²) >= 11 is 3.36. The highest BCUT2D eigenvalue weighted by atomic mass is 79.9. The van der Waals surface area contributed by atoms with Gasteiger partial charge in [0.1, 0.15) is 0 Å². The summed E-state index contributed by atoms with van der Waals surface area (Å²) in [5.41, 5.74) is 1.21. The monoisotopic (exact) mass is 326 g/mol. The van der Waals surface area contributed by atoms with Crippen molar-refractivity contribution in [1.29, 1.82) is 0 Å². The molecule has 18 heavy (non-hydrogen) atoms. The number of benzene rings is 1. The molecule has 0 heterocycles. The fraction of sp³-hybridized carbons (Fsp3) is 0.467. The molecule has 0 amide bonds. The van der Waals surface area contributed by atoms with Crippen LogP contribution in [0.4, 0.5) is 0 Å². The third-order valence-electron chi connectivity index (χ3n) is 3.60. The van der Waals surface area contributed by atoms with Gasteiger partial charge in [-0.15, -0.1) is 0 Å². The van der Waals surface area contributed by atoms with Crippen LogP contribution < -0.4 is 0 Å². The molecule has 0 radical (unpaired) electrons. The minimum atomic E-state index is -1.76. The Balaban J connectivity index is 2.96. The molecule has 0 aliphatic carbocycles. The van der Waals surface area contributed by atoms with Gasteiger partial charge >= 0.3 is 0 Å². The van der Waals surface area contributed by atoms with Crippen LogP contribution in [0, 0.1) is 0 Å². The van der Waals surface area contributed by atoms with Crippen LogP contribution in [0.15, 0.2) is 41.4 Å². The number of hydrogen-bond acceptors (Lipinski definition) is 1. The second-order valence-electron chi connectivity index (χ2n) is 6.03. The summed E-state index contributed by atoms with van der Waals surface area (Å²) in [7, 11) is -1.76. The molecule has 1 unspecified atom stereocenters. The van der Waals surface area contributed by atoms with Crippen LogP contribution in [0.5, 0.6) is 0 Å². The van der Waals surface area contributed by atoms with Gasteiger partial charge in [-0.25, -0.2) is 0 Å². The van der Waals surface area contributed by atoms with E-state index < -0.39 is 8.32 Å². The minimum Gasteiger partial charge on any atom is -0.406 e. The molecule has 100 valence electrons. The molecular formula is C15H23BrOSi. The predicted octanol–water partition coefficient (Wildman–Crippen LogP) is 5.66. The van der Waals surface area contributed by atoms with Crippen molar-refractivity contribution >= 4 is 24.2 Å². The van der Waals surface area contributed by atoms with Gasteiger partial charge in [0.25, 0.3) is 0 Å². The van der Waals surface area contributed by atoms with Crippen LogP contribution in [0.1, 0.15) is 32.4 Å². The lowest BCUT2D eigenvalue weighted by Gasteiger charge is -2.38. The van der Waals surface area contributed by atoms with Crippen molar-refractivity contribution in [2.24, 2.45) is 0 Å². The summed E-state index contributed by atoms with van der Waals surface area (Å²) in [5, 5.41) is 0.222. The lowest BCUT2D eigenvalue weighted by Crippen LogP contribution is -2.41. The average molecular weight is 327 g/mol. The van der Waals surface area contributed by atoms with Crippen molar-refractivity contribution in [1.82, 2.24) is 0 Å². The first-order valence-electron chi connectivity index (χ1n) is 6.27. The zero-order valence-corrected chi connectivity index (χ0v) is 14.5. The van der Waals surface area contributed by atoms with Gasteiger partial charge in [-0.1, -0.05) is 67.0 Å². The molecule has 0 aliphatic heterocycles. The van der Waals surface area contributed by atoms with Gasteiger partial charge in [0.15, 0.2) is 8.32 Å². The first-order valence-corrected chi connectivity index (χ1v) is 10.1. The van der Waals surface area contributed by atoms with E-state index in [2.05, 4.69) is 80.1 Å². The molecule has 1 atom stereocenters. The van der Waals surface area contributed by atoms with Crippen LogP contribution in [0.2, 0.25) is 18.1 Å². The maximum Gasteiger partial charge on any atom is 0.193 e. The van der Waals surface area contributed by atoms with Gasteiger partial charge in [-0.2, -0.15) is 0 Å². The van der Waals surface area contributed by atoms with Crippen LogP contribution >= 0.6 is 15.9 Å². The van der Waals surface area contributed by atoms with Crippen molar-refractivity contribution in [3.05, 3.63) is 47.0 Å². The van der Waals surface area contributed by atoms with E-state index in [0.717, 1.165) is 0 Å². The maximum absolute atomic E-state index is 6.45. The Kier molecular flexibility index (Phi) is 5.38. The molecule has 0 spiro atoms. The molecule has 0 saturated carbocycles. The molecule has 0 aromatic heterocycles.